The number of rotatable bonds is 5. The molecule has 11 heteroatoms. The first-order chi connectivity index (χ1) is 20.3. The van der Waals surface area contributed by atoms with Crippen molar-refractivity contribution in [3.8, 4) is 22.5 Å². The number of hydrogen-bond donors (Lipinski definition) is 2. The minimum atomic E-state index is -0.346. The maximum absolute atomic E-state index is 13.0. The van der Waals surface area contributed by atoms with Gasteiger partial charge in [0.2, 0.25) is 0 Å². The van der Waals surface area contributed by atoms with Gasteiger partial charge in [-0.15, -0.1) is 0 Å². The summed E-state index contributed by atoms with van der Waals surface area (Å²) in [4.78, 5) is 30.1. The summed E-state index contributed by atoms with van der Waals surface area (Å²) in [6, 6.07) is 8.68. The molecule has 0 unspecified atom stereocenters. The van der Waals surface area contributed by atoms with Crippen molar-refractivity contribution in [1.82, 2.24) is 40.2 Å². The molecule has 5 heterocycles. The zero-order valence-electron chi connectivity index (χ0n) is 24.1. The van der Waals surface area contributed by atoms with E-state index in [0.717, 1.165) is 78.9 Å². The molecule has 1 amide bonds. The molecule has 42 heavy (non-hydrogen) atoms. The molecule has 216 valence electrons. The lowest BCUT2D eigenvalue weighted by atomic mass is 9.85. The van der Waals surface area contributed by atoms with Gasteiger partial charge in [0.25, 0.3) is 0 Å². The van der Waals surface area contributed by atoms with E-state index in [1.165, 1.54) is 5.56 Å². The number of benzene rings is 1. The van der Waals surface area contributed by atoms with Crippen LogP contribution in [0.25, 0.3) is 33.7 Å². The molecule has 0 spiro atoms. The molecule has 1 atom stereocenters. The summed E-state index contributed by atoms with van der Waals surface area (Å²) in [7, 11) is 0. The van der Waals surface area contributed by atoms with Crippen molar-refractivity contribution in [2.24, 2.45) is 0 Å². The normalized spacial score (nSPS) is 17.8. The standard InChI is InChI=1S/C31H34N8O3/c1-31(2,3)30-37-29(42-38-30)28(40)34-24-6-4-5-18-15-19(7-8-22(18)24)23-9-12-32-27-25(23)35-26(36-27)20-16-33-39(17-20)21-10-13-41-14-11-21/h7-9,12,15-17,21,24H,4-6,10-11,13-14H2,1-3H3,(H,34,40)(H,32,35,36)/t24-/m1/s1. The number of aromatic nitrogens is 7. The first kappa shape index (κ1) is 26.5. The van der Waals surface area contributed by atoms with E-state index in [1.54, 1.807) is 6.20 Å². The van der Waals surface area contributed by atoms with Crippen molar-refractivity contribution in [2.75, 3.05) is 13.2 Å². The molecular weight excluding hydrogens is 532 g/mol. The van der Waals surface area contributed by atoms with Crippen LogP contribution in [0.1, 0.15) is 86.2 Å². The van der Waals surface area contributed by atoms with E-state index in [1.807, 2.05) is 37.7 Å². The number of aromatic amines is 1. The van der Waals surface area contributed by atoms with Crippen LogP contribution in [0, 0.1) is 0 Å². The van der Waals surface area contributed by atoms with Crippen molar-refractivity contribution in [3.05, 3.63) is 65.7 Å². The Morgan fingerprint density at radius 1 is 1.10 bits per heavy atom. The van der Waals surface area contributed by atoms with E-state index in [4.69, 9.17) is 14.2 Å². The van der Waals surface area contributed by atoms with Crippen molar-refractivity contribution >= 4 is 17.1 Å². The molecule has 2 aliphatic rings. The van der Waals surface area contributed by atoms with E-state index >= 15 is 0 Å². The predicted molar refractivity (Wildman–Crippen MR) is 156 cm³/mol. The fourth-order valence-electron chi connectivity index (χ4n) is 5.87. The summed E-state index contributed by atoms with van der Waals surface area (Å²) >= 11 is 0. The summed E-state index contributed by atoms with van der Waals surface area (Å²) in [5.74, 6) is 0.914. The van der Waals surface area contributed by atoms with Crippen LogP contribution in [0.5, 0.6) is 0 Å². The van der Waals surface area contributed by atoms with Crippen LogP contribution in [-0.4, -0.2) is 54.0 Å². The van der Waals surface area contributed by atoms with Gasteiger partial charge >= 0.3 is 11.8 Å². The quantitative estimate of drug-likeness (QED) is 0.291. The third kappa shape index (κ3) is 4.98. The zero-order valence-corrected chi connectivity index (χ0v) is 24.1. The maximum Gasteiger partial charge on any atom is 0.315 e. The Morgan fingerprint density at radius 3 is 2.76 bits per heavy atom. The summed E-state index contributed by atoms with van der Waals surface area (Å²) in [6.45, 7) is 7.48. The molecule has 1 saturated heterocycles. The topological polar surface area (TPSA) is 137 Å². The number of aryl methyl sites for hydroxylation is 1. The van der Waals surface area contributed by atoms with Crippen molar-refractivity contribution in [2.45, 2.75) is 70.4 Å². The fraction of sp³-hybridized carbons (Fsp3) is 0.419. The van der Waals surface area contributed by atoms with E-state index < -0.39 is 0 Å². The van der Waals surface area contributed by atoms with Gasteiger partial charge in [0.1, 0.15) is 5.82 Å². The molecule has 1 aliphatic heterocycles. The molecule has 11 nitrogen and oxygen atoms in total. The van der Waals surface area contributed by atoms with Crippen LogP contribution >= 0.6 is 0 Å². The van der Waals surface area contributed by atoms with Crippen molar-refractivity contribution in [1.29, 1.82) is 0 Å². The van der Waals surface area contributed by atoms with Gasteiger partial charge in [-0.2, -0.15) is 10.1 Å². The van der Waals surface area contributed by atoms with Crippen LogP contribution in [0.15, 0.2) is 47.4 Å². The van der Waals surface area contributed by atoms with Gasteiger partial charge in [-0.3, -0.25) is 9.48 Å². The molecule has 0 saturated carbocycles. The molecule has 1 aliphatic carbocycles. The monoisotopic (exact) mass is 566 g/mol. The van der Waals surface area contributed by atoms with Crippen molar-refractivity contribution < 1.29 is 14.1 Å². The van der Waals surface area contributed by atoms with Gasteiger partial charge in [-0.25, -0.2) is 9.97 Å². The smallest absolute Gasteiger partial charge is 0.315 e. The number of hydrogen-bond acceptors (Lipinski definition) is 8. The molecule has 5 aromatic rings. The van der Waals surface area contributed by atoms with Gasteiger partial charge in [-0.05, 0) is 54.9 Å². The Bertz CT molecular complexity index is 1760. The van der Waals surface area contributed by atoms with Crippen LogP contribution in [0.4, 0.5) is 0 Å². The van der Waals surface area contributed by atoms with Crippen LogP contribution in [0.2, 0.25) is 0 Å². The highest BCUT2D eigenvalue weighted by Crippen LogP contribution is 2.35. The van der Waals surface area contributed by atoms with E-state index in [-0.39, 0.29) is 23.3 Å². The second kappa shape index (κ2) is 10.5. The largest absolute Gasteiger partial charge is 0.381 e. The minimum Gasteiger partial charge on any atom is -0.381 e. The molecule has 1 aromatic carbocycles. The Balaban J connectivity index is 1.14. The second-order valence-electron chi connectivity index (χ2n) is 12.2. The van der Waals surface area contributed by atoms with Crippen molar-refractivity contribution in [3.63, 3.8) is 0 Å². The fourth-order valence-corrected chi connectivity index (χ4v) is 5.87. The number of ether oxygens (including phenoxy) is 1. The average Bonchev–Trinajstić information content (AvgIpc) is 3.77. The van der Waals surface area contributed by atoms with E-state index in [0.29, 0.717) is 17.5 Å². The Kier molecular flexibility index (Phi) is 6.61. The lowest BCUT2D eigenvalue weighted by Gasteiger charge is -2.26. The summed E-state index contributed by atoms with van der Waals surface area (Å²) in [6.07, 6.45) is 10.4. The Labute approximate surface area is 243 Å². The van der Waals surface area contributed by atoms with Crippen LogP contribution < -0.4 is 5.32 Å². The van der Waals surface area contributed by atoms with E-state index in [9.17, 15) is 4.79 Å². The van der Waals surface area contributed by atoms with Gasteiger partial charge in [0.15, 0.2) is 11.5 Å². The molecule has 2 N–H and O–H groups in total. The third-order valence-electron chi connectivity index (χ3n) is 8.20. The number of amides is 1. The van der Waals surface area contributed by atoms with Crippen LogP contribution in [-0.2, 0) is 16.6 Å². The third-order valence-corrected chi connectivity index (χ3v) is 8.20. The molecule has 1 fully saturated rings. The predicted octanol–water partition coefficient (Wildman–Crippen LogP) is 5.33. The number of carbonyl (C=O) groups is 1. The first-order valence-corrected chi connectivity index (χ1v) is 14.6. The molecular formula is C31H34N8O3. The lowest BCUT2D eigenvalue weighted by Crippen LogP contribution is -2.31. The highest BCUT2D eigenvalue weighted by Gasteiger charge is 2.28. The average molecular weight is 567 g/mol. The van der Waals surface area contributed by atoms with Gasteiger partial charge < -0.3 is 19.6 Å². The minimum absolute atomic E-state index is 0.00352. The van der Waals surface area contributed by atoms with Gasteiger partial charge in [0, 0.05) is 36.6 Å². The summed E-state index contributed by atoms with van der Waals surface area (Å²) < 4.78 is 12.8. The first-order valence-electron chi connectivity index (χ1n) is 14.6. The van der Waals surface area contributed by atoms with Crippen LogP contribution in [0.3, 0.4) is 0 Å². The number of pyridine rings is 1. The Hall–Kier alpha value is -4.38. The van der Waals surface area contributed by atoms with Gasteiger partial charge in [-0.1, -0.05) is 44.1 Å². The molecule has 4 aromatic heterocycles. The maximum atomic E-state index is 13.0. The highest BCUT2D eigenvalue weighted by molar-refractivity contribution is 5.92. The number of imidazole rings is 1. The van der Waals surface area contributed by atoms with Gasteiger partial charge in [0.05, 0.1) is 29.4 Å². The number of nitrogens with one attached hydrogen (secondary N) is 2. The summed E-state index contributed by atoms with van der Waals surface area (Å²) in [5, 5.41) is 11.7. The number of fused-ring (bicyclic) bond motifs is 2. The summed E-state index contributed by atoms with van der Waals surface area (Å²) in [5.41, 5.74) is 6.63. The number of H-pyrrole nitrogens is 1. The lowest BCUT2D eigenvalue weighted by molar-refractivity contribution is 0.0662. The molecule has 0 bridgehead atoms. The zero-order chi connectivity index (χ0) is 28.8. The molecule has 7 rings (SSSR count). The van der Waals surface area contributed by atoms with E-state index in [2.05, 4.69) is 54.9 Å². The molecule has 0 radical (unpaired) electrons. The second-order valence-corrected chi connectivity index (χ2v) is 12.2. The Morgan fingerprint density at radius 2 is 1.95 bits per heavy atom. The highest BCUT2D eigenvalue weighted by atomic mass is 16.5. The number of nitrogens with zero attached hydrogens (tertiary/aromatic N) is 6. The SMILES string of the molecule is CC(C)(C)c1noc(C(=O)N[C@@H]2CCCc3cc(-c4ccnc5nc(-c6cnn(C7CCOCC7)c6)[nH]c45)ccc32)n1. The number of carbonyl (C=O) groups excluding carboxylic acids is 1.